The van der Waals surface area contributed by atoms with Gasteiger partial charge in [0.05, 0.1) is 0 Å². The minimum Gasteiger partial charge on any atom is -0.357 e. The van der Waals surface area contributed by atoms with Crippen LogP contribution in [0.1, 0.15) is 19.5 Å². The average molecular weight is 390 g/mol. The number of urea groups is 1. The second-order valence-electron chi connectivity index (χ2n) is 6.51. The van der Waals surface area contributed by atoms with Gasteiger partial charge in [-0.1, -0.05) is 18.2 Å². The molecule has 0 aliphatic heterocycles. The zero-order valence-electron chi connectivity index (χ0n) is 16.9. The summed E-state index contributed by atoms with van der Waals surface area (Å²) >= 11 is 0. The van der Waals surface area contributed by atoms with Crippen LogP contribution in [0.25, 0.3) is 0 Å². The number of nitrogens with zero attached hydrogens (tertiary/aromatic N) is 3. The molecule has 3 aromatic rings. The van der Waals surface area contributed by atoms with E-state index in [1.165, 1.54) is 0 Å². The zero-order valence-corrected chi connectivity index (χ0v) is 16.9. The van der Waals surface area contributed by atoms with E-state index in [2.05, 4.69) is 44.7 Å². The molecule has 7 heteroatoms. The van der Waals surface area contributed by atoms with Crippen LogP contribution in [0.4, 0.5) is 33.6 Å². The highest BCUT2D eigenvalue weighted by atomic mass is 16.2. The molecule has 3 rings (SSSR count). The van der Waals surface area contributed by atoms with Gasteiger partial charge in [0.1, 0.15) is 5.82 Å². The number of para-hydroxylation sites is 1. The molecule has 1 heterocycles. The first-order chi connectivity index (χ1) is 14.1. The lowest BCUT2D eigenvalue weighted by Gasteiger charge is -2.20. The topological polar surface area (TPSA) is 82.2 Å². The zero-order chi connectivity index (χ0) is 20.6. The molecule has 0 unspecified atom stereocenters. The smallest absolute Gasteiger partial charge is 0.323 e. The van der Waals surface area contributed by atoms with Gasteiger partial charge in [0, 0.05) is 41.9 Å². The number of hydrogen-bond donors (Lipinski definition) is 3. The Balaban J connectivity index is 1.64. The van der Waals surface area contributed by atoms with Crippen molar-refractivity contribution in [2.75, 3.05) is 33.9 Å². The van der Waals surface area contributed by atoms with Crippen LogP contribution in [0.15, 0.2) is 60.7 Å². The molecule has 150 valence electrons. The Labute approximate surface area is 171 Å². The van der Waals surface area contributed by atoms with Gasteiger partial charge in [0.2, 0.25) is 5.95 Å². The van der Waals surface area contributed by atoms with Crippen LogP contribution in [0.2, 0.25) is 0 Å². The summed E-state index contributed by atoms with van der Waals surface area (Å²) < 4.78 is 0. The molecular formula is C22H26N6O. The van der Waals surface area contributed by atoms with Crippen molar-refractivity contribution in [3.63, 3.8) is 0 Å². The van der Waals surface area contributed by atoms with E-state index in [0.717, 1.165) is 36.0 Å². The van der Waals surface area contributed by atoms with Crippen LogP contribution in [-0.2, 0) is 0 Å². The lowest BCUT2D eigenvalue weighted by atomic mass is 10.3. The van der Waals surface area contributed by atoms with E-state index >= 15 is 0 Å². The first-order valence-electron chi connectivity index (χ1n) is 9.68. The van der Waals surface area contributed by atoms with E-state index in [4.69, 9.17) is 0 Å². The van der Waals surface area contributed by atoms with Crippen LogP contribution in [0.5, 0.6) is 0 Å². The fraction of sp³-hybridized carbons (Fsp3) is 0.227. The van der Waals surface area contributed by atoms with Gasteiger partial charge in [-0.25, -0.2) is 9.78 Å². The van der Waals surface area contributed by atoms with Gasteiger partial charge >= 0.3 is 6.03 Å². The van der Waals surface area contributed by atoms with E-state index in [-0.39, 0.29) is 6.03 Å². The maximum Gasteiger partial charge on any atom is 0.323 e. The second kappa shape index (κ2) is 9.54. The summed E-state index contributed by atoms with van der Waals surface area (Å²) in [6, 6.07) is 18.4. The number of amides is 2. The molecule has 0 atom stereocenters. The molecule has 3 N–H and O–H groups in total. The minimum absolute atomic E-state index is 0.289. The number of anilines is 5. The van der Waals surface area contributed by atoms with E-state index in [1.807, 2.05) is 67.6 Å². The largest absolute Gasteiger partial charge is 0.357 e. The molecule has 0 aliphatic carbocycles. The quantitative estimate of drug-likeness (QED) is 0.528. The maximum atomic E-state index is 12.1. The first kappa shape index (κ1) is 20.1. The predicted octanol–water partition coefficient (Wildman–Crippen LogP) is 5.02. The SMILES string of the molecule is CCN(CC)c1cc(C)nc(Nc2ccc(NC(=O)Nc3ccccc3)cc2)n1. The van der Waals surface area contributed by atoms with Crippen molar-refractivity contribution in [2.45, 2.75) is 20.8 Å². The Kier molecular flexibility index (Phi) is 6.63. The van der Waals surface area contributed by atoms with Gasteiger partial charge in [-0.15, -0.1) is 0 Å². The number of carbonyl (C=O) groups excluding carboxylic acids is 1. The van der Waals surface area contributed by atoms with Crippen LogP contribution >= 0.6 is 0 Å². The van der Waals surface area contributed by atoms with E-state index < -0.39 is 0 Å². The van der Waals surface area contributed by atoms with Crippen molar-refractivity contribution in [2.24, 2.45) is 0 Å². The van der Waals surface area contributed by atoms with E-state index in [9.17, 15) is 4.79 Å². The summed E-state index contributed by atoms with van der Waals surface area (Å²) in [5, 5.41) is 8.83. The highest BCUT2D eigenvalue weighted by Gasteiger charge is 2.08. The summed E-state index contributed by atoms with van der Waals surface area (Å²) in [4.78, 5) is 23.4. The van der Waals surface area contributed by atoms with E-state index in [1.54, 1.807) is 0 Å². The maximum absolute atomic E-state index is 12.1. The third kappa shape index (κ3) is 5.68. The minimum atomic E-state index is -0.289. The molecular weight excluding hydrogens is 364 g/mol. The second-order valence-corrected chi connectivity index (χ2v) is 6.51. The lowest BCUT2D eigenvalue weighted by molar-refractivity contribution is 0.262. The summed E-state index contributed by atoms with van der Waals surface area (Å²) in [5.41, 5.74) is 3.18. The van der Waals surface area contributed by atoms with Crippen molar-refractivity contribution in [1.82, 2.24) is 9.97 Å². The number of nitrogens with one attached hydrogen (secondary N) is 3. The highest BCUT2D eigenvalue weighted by molar-refractivity contribution is 5.99. The standard InChI is InChI=1S/C22H26N6O/c1-4-28(5-2)20-15-16(3)23-21(27-20)24-18-11-13-19(14-12-18)26-22(29)25-17-9-7-6-8-10-17/h6-15H,4-5H2,1-3H3,(H,23,24,27)(H2,25,26,29). The summed E-state index contributed by atoms with van der Waals surface area (Å²) in [6.45, 7) is 7.94. The first-order valence-corrected chi connectivity index (χ1v) is 9.68. The van der Waals surface area contributed by atoms with Crippen molar-refractivity contribution in [3.8, 4) is 0 Å². The fourth-order valence-electron chi connectivity index (χ4n) is 2.90. The van der Waals surface area contributed by atoms with Gasteiger partial charge in [0.15, 0.2) is 0 Å². The van der Waals surface area contributed by atoms with Crippen molar-refractivity contribution >= 4 is 34.9 Å². The number of aromatic nitrogens is 2. The molecule has 0 radical (unpaired) electrons. The molecule has 1 aromatic heterocycles. The van der Waals surface area contributed by atoms with Crippen molar-refractivity contribution in [3.05, 3.63) is 66.4 Å². The van der Waals surface area contributed by atoms with Gasteiger partial charge in [-0.05, 0) is 57.2 Å². The van der Waals surface area contributed by atoms with E-state index in [0.29, 0.717) is 11.6 Å². The lowest BCUT2D eigenvalue weighted by Crippen LogP contribution is -2.23. The normalized spacial score (nSPS) is 10.3. The Hall–Kier alpha value is -3.61. The Morgan fingerprint density at radius 2 is 1.45 bits per heavy atom. The Morgan fingerprint density at radius 3 is 2.07 bits per heavy atom. The van der Waals surface area contributed by atoms with Crippen LogP contribution in [0, 0.1) is 6.92 Å². The molecule has 7 nitrogen and oxygen atoms in total. The molecule has 0 fully saturated rings. The van der Waals surface area contributed by atoms with Crippen molar-refractivity contribution < 1.29 is 4.79 Å². The summed E-state index contributed by atoms with van der Waals surface area (Å²) in [7, 11) is 0. The number of aryl methyl sites for hydroxylation is 1. The molecule has 0 spiro atoms. The molecule has 2 aromatic carbocycles. The van der Waals surface area contributed by atoms with Gasteiger partial charge < -0.3 is 20.9 Å². The summed E-state index contributed by atoms with van der Waals surface area (Å²) in [5.74, 6) is 1.45. The molecule has 2 amide bonds. The molecule has 0 saturated carbocycles. The van der Waals surface area contributed by atoms with Crippen LogP contribution < -0.4 is 20.9 Å². The third-order valence-electron chi connectivity index (χ3n) is 4.36. The number of benzene rings is 2. The van der Waals surface area contributed by atoms with Crippen LogP contribution in [-0.4, -0.2) is 29.1 Å². The van der Waals surface area contributed by atoms with Crippen LogP contribution in [0.3, 0.4) is 0 Å². The predicted molar refractivity (Wildman–Crippen MR) is 119 cm³/mol. The van der Waals surface area contributed by atoms with Gasteiger partial charge in [-0.2, -0.15) is 4.98 Å². The molecule has 0 bridgehead atoms. The van der Waals surface area contributed by atoms with Gasteiger partial charge in [-0.3, -0.25) is 0 Å². The Bertz CT molecular complexity index is 939. The average Bonchev–Trinajstić information content (AvgIpc) is 2.71. The monoisotopic (exact) mass is 390 g/mol. The van der Waals surface area contributed by atoms with Crippen molar-refractivity contribution in [1.29, 1.82) is 0 Å². The molecule has 29 heavy (non-hydrogen) atoms. The number of carbonyl (C=O) groups is 1. The Morgan fingerprint density at radius 1 is 0.862 bits per heavy atom. The molecule has 0 aliphatic rings. The molecule has 0 saturated heterocycles. The highest BCUT2D eigenvalue weighted by Crippen LogP contribution is 2.20. The summed E-state index contributed by atoms with van der Waals surface area (Å²) in [6.07, 6.45) is 0. The number of rotatable bonds is 7. The number of hydrogen-bond acceptors (Lipinski definition) is 5. The third-order valence-corrected chi connectivity index (χ3v) is 4.36. The fourth-order valence-corrected chi connectivity index (χ4v) is 2.90. The van der Waals surface area contributed by atoms with Gasteiger partial charge in [0.25, 0.3) is 0 Å².